The Morgan fingerprint density at radius 2 is 2.00 bits per heavy atom. The van der Waals surface area contributed by atoms with E-state index in [1.807, 2.05) is 24.5 Å². The van der Waals surface area contributed by atoms with Crippen LogP contribution >= 0.6 is 11.3 Å². The summed E-state index contributed by atoms with van der Waals surface area (Å²) in [5, 5.41) is 9.12. The molecule has 132 valence electrons. The quantitative estimate of drug-likeness (QED) is 0.516. The molecule has 4 nitrogen and oxygen atoms in total. The third kappa shape index (κ3) is 3.61. The molecule has 0 fully saturated rings. The zero-order chi connectivity index (χ0) is 17.8. The molecule has 1 aromatic carbocycles. The third-order valence-electron chi connectivity index (χ3n) is 4.72. The van der Waals surface area contributed by atoms with Crippen LogP contribution in [0.2, 0.25) is 0 Å². The summed E-state index contributed by atoms with van der Waals surface area (Å²) in [6.07, 6.45) is 9.88. The number of imidazole rings is 1. The second-order valence-corrected chi connectivity index (χ2v) is 7.36. The normalized spacial score (nSPS) is 12.6. The van der Waals surface area contributed by atoms with Crippen LogP contribution in [0.4, 0.5) is 0 Å². The Morgan fingerprint density at radius 3 is 2.64 bits per heavy atom. The van der Waals surface area contributed by atoms with Gasteiger partial charge in [-0.25, -0.2) is 9.78 Å². The minimum Gasteiger partial charge on any atom is -0.478 e. The van der Waals surface area contributed by atoms with Crippen molar-refractivity contribution in [2.45, 2.75) is 51.9 Å². The zero-order valence-electron chi connectivity index (χ0n) is 14.7. The summed E-state index contributed by atoms with van der Waals surface area (Å²) in [4.78, 5) is 17.8. The predicted octanol–water partition coefficient (Wildman–Crippen LogP) is 5.83. The van der Waals surface area contributed by atoms with Crippen molar-refractivity contribution in [3.63, 3.8) is 0 Å². The number of hydrogen-bond acceptors (Lipinski definition) is 3. The average Bonchev–Trinajstić information content (AvgIpc) is 3.20. The molecule has 5 heteroatoms. The Kier molecular flexibility index (Phi) is 5.53. The fraction of sp³-hybridized carbons (Fsp3) is 0.400. The monoisotopic (exact) mass is 356 g/mol. The number of fused-ring (bicyclic) bond motifs is 1. The Bertz CT molecular complexity index is 848. The van der Waals surface area contributed by atoms with Crippen molar-refractivity contribution in [1.82, 2.24) is 9.38 Å². The summed E-state index contributed by atoms with van der Waals surface area (Å²) in [6, 6.07) is 7.19. The van der Waals surface area contributed by atoms with Gasteiger partial charge in [-0.1, -0.05) is 56.6 Å². The van der Waals surface area contributed by atoms with Gasteiger partial charge in [0, 0.05) is 24.0 Å². The first kappa shape index (κ1) is 17.7. The molecule has 3 rings (SSSR count). The lowest BCUT2D eigenvalue weighted by Crippen LogP contribution is -2.03. The number of benzene rings is 1. The van der Waals surface area contributed by atoms with E-state index in [0.29, 0.717) is 11.5 Å². The highest BCUT2D eigenvalue weighted by atomic mass is 32.1. The molecule has 1 N–H and O–H groups in total. The van der Waals surface area contributed by atoms with Crippen LogP contribution in [-0.2, 0) is 0 Å². The summed E-state index contributed by atoms with van der Waals surface area (Å²) >= 11 is 1.69. The molecule has 1 atom stereocenters. The molecule has 0 amide bonds. The topological polar surface area (TPSA) is 54.6 Å². The van der Waals surface area contributed by atoms with Crippen molar-refractivity contribution in [3.05, 3.63) is 47.9 Å². The SMILES string of the molecule is CCCCC[C@H](CC)c1c(-c2ccc(C(=O)O)cc2)sc2nccn12. The largest absolute Gasteiger partial charge is 0.478 e. The molecule has 0 aliphatic rings. The molecule has 25 heavy (non-hydrogen) atoms. The lowest BCUT2D eigenvalue weighted by atomic mass is 9.93. The lowest BCUT2D eigenvalue weighted by molar-refractivity contribution is 0.0697. The van der Waals surface area contributed by atoms with Gasteiger partial charge in [0.15, 0.2) is 4.96 Å². The van der Waals surface area contributed by atoms with Gasteiger partial charge in [-0.05, 0) is 30.5 Å². The highest BCUT2D eigenvalue weighted by molar-refractivity contribution is 7.20. The maximum absolute atomic E-state index is 11.1. The van der Waals surface area contributed by atoms with E-state index in [9.17, 15) is 4.79 Å². The van der Waals surface area contributed by atoms with E-state index < -0.39 is 5.97 Å². The van der Waals surface area contributed by atoms with Crippen LogP contribution in [0.3, 0.4) is 0 Å². The maximum atomic E-state index is 11.1. The minimum atomic E-state index is -0.890. The van der Waals surface area contributed by atoms with Crippen molar-refractivity contribution in [2.75, 3.05) is 0 Å². The number of carboxylic acid groups (broad SMARTS) is 1. The molecule has 0 saturated carbocycles. The van der Waals surface area contributed by atoms with Crippen LogP contribution in [0.15, 0.2) is 36.7 Å². The Hall–Kier alpha value is -2.14. The Morgan fingerprint density at radius 1 is 1.24 bits per heavy atom. The van der Waals surface area contributed by atoms with E-state index >= 15 is 0 Å². The van der Waals surface area contributed by atoms with Gasteiger partial charge in [0.2, 0.25) is 0 Å². The van der Waals surface area contributed by atoms with E-state index in [-0.39, 0.29) is 0 Å². The van der Waals surface area contributed by atoms with Crippen molar-refractivity contribution < 1.29 is 9.90 Å². The highest BCUT2D eigenvalue weighted by Crippen LogP contribution is 2.40. The summed E-state index contributed by atoms with van der Waals surface area (Å²) in [6.45, 7) is 4.48. The molecule has 0 radical (unpaired) electrons. The zero-order valence-corrected chi connectivity index (χ0v) is 15.6. The van der Waals surface area contributed by atoms with Crippen LogP contribution in [-0.4, -0.2) is 20.5 Å². The van der Waals surface area contributed by atoms with Gasteiger partial charge in [0.25, 0.3) is 0 Å². The number of carboxylic acids is 1. The summed E-state index contributed by atoms with van der Waals surface area (Å²) in [5.74, 6) is -0.401. The number of rotatable bonds is 8. The number of carbonyl (C=O) groups is 1. The van der Waals surface area contributed by atoms with Gasteiger partial charge in [0.1, 0.15) is 0 Å². The molecule has 0 spiro atoms. The molecule has 3 aromatic rings. The highest BCUT2D eigenvalue weighted by Gasteiger charge is 2.21. The van der Waals surface area contributed by atoms with E-state index in [1.54, 1.807) is 23.5 Å². The van der Waals surface area contributed by atoms with E-state index in [0.717, 1.165) is 16.9 Å². The average molecular weight is 356 g/mol. The smallest absolute Gasteiger partial charge is 0.335 e. The standard InChI is InChI=1S/C20H24N2O2S/c1-3-5-6-7-14(4-2)17-18(25-20-21-12-13-22(17)20)15-8-10-16(11-9-15)19(23)24/h8-14H,3-7H2,1-2H3,(H,23,24)/t14-/m0/s1. The third-order valence-corrected chi connectivity index (χ3v) is 5.86. The number of unbranched alkanes of at least 4 members (excludes halogenated alkanes) is 2. The summed E-state index contributed by atoms with van der Waals surface area (Å²) in [7, 11) is 0. The fourth-order valence-electron chi connectivity index (χ4n) is 3.33. The number of aromatic carboxylic acids is 1. The minimum absolute atomic E-state index is 0.321. The van der Waals surface area contributed by atoms with E-state index in [2.05, 4.69) is 23.2 Å². The maximum Gasteiger partial charge on any atom is 0.335 e. The lowest BCUT2D eigenvalue weighted by Gasteiger charge is -2.17. The molecule has 0 saturated heterocycles. The van der Waals surface area contributed by atoms with Gasteiger partial charge in [-0.3, -0.25) is 4.40 Å². The van der Waals surface area contributed by atoms with Crippen molar-refractivity contribution in [3.8, 4) is 10.4 Å². The van der Waals surface area contributed by atoms with Crippen LogP contribution < -0.4 is 0 Å². The van der Waals surface area contributed by atoms with Crippen molar-refractivity contribution >= 4 is 22.3 Å². The Balaban J connectivity index is 2.02. The van der Waals surface area contributed by atoms with Crippen molar-refractivity contribution in [2.24, 2.45) is 0 Å². The number of nitrogens with zero attached hydrogens (tertiary/aromatic N) is 2. The van der Waals surface area contributed by atoms with Crippen LogP contribution in [0, 0.1) is 0 Å². The molecule has 0 aliphatic heterocycles. The number of aromatic nitrogens is 2. The molecule has 0 aliphatic carbocycles. The second kappa shape index (κ2) is 7.83. The molecule has 2 aromatic heterocycles. The van der Waals surface area contributed by atoms with Crippen LogP contribution in [0.5, 0.6) is 0 Å². The molecule has 0 unspecified atom stereocenters. The predicted molar refractivity (Wildman–Crippen MR) is 103 cm³/mol. The molecule has 0 bridgehead atoms. The summed E-state index contributed by atoms with van der Waals surface area (Å²) < 4.78 is 2.21. The van der Waals surface area contributed by atoms with E-state index in [4.69, 9.17) is 5.11 Å². The van der Waals surface area contributed by atoms with Gasteiger partial charge in [-0.15, -0.1) is 0 Å². The van der Waals surface area contributed by atoms with Crippen LogP contribution in [0.1, 0.15) is 67.9 Å². The first-order chi connectivity index (χ1) is 12.2. The first-order valence-corrected chi connectivity index (χ1v) is 9.76. The first-order valence-electron chi connectivity index (χ1n) is 8.95. The van der Waals surface area contributed by atoms with Gasteiger partial charge >= 0.3 is 5.97 Å². The Labute approximate surface area is 152 Å². The second-order valence-electron chi connectivity index (χ2n) is 6.38. The fourth-order valence-corrected chi connectivity index (χ4v) is 4.51. The van der Waals surface area contributed by atoms with Crippen molar-refractivity contribution in [1.29, 1.82) is 0 Å². The van der Waals surface area contributed by atoms with Gasteiger partial charge in [0.05, 0.1) is 10.4 Å². The van der Waals surface area contributed by atoms with Gasteiger partial charge in [-0.2, -0.15) is 0 Å². The number of thiazole rings is 1. The van der Waals surface area contributed by atoms with Crippen LogP contribution in [0.25, 0.3) is 15.4 Å². The molecular formula is C20H24N2O2S. The number of hydrogen-bond donors (Lipinski definition) is 1. The molecule has 2 heterocycles. The van der Waals surface area contributed by atoms with Gasteiger partial charge < -0.3 is 5.11 Å². The van der Waals surface area contributed by atoms with E-state index in [1.165, 1.54) is 36.3 Å². The summed E-state index contributed by atoms with van der Waals surface area (Å²) in [5.41, 5.74) is 2.71. The molecular weight excluding hydrogens is 332 g/mol.